The van der Waals surface area contributed by atoms with Crippen LogP contribution < -0.4 is 19.9 Å². The Morgan fingerprint density at radius 2 is 1.81 bits per heavy atom. The number of rotatable bonds is 10. The summed E-state index contributed by atoms with van der Waals surface area (Å²) < 4.78 is 12.9. The molecule has 3 aliphatic rings. The second kappa shape index (κ2) is 13.8. The minimum Gasteiger partial charge on any atom is -0.494 e. The molecule has 0 bridgehead atoms. The molecule has 1 saturated heterocycles. The van der Waals surface area contributed by atoms with Crippen LogP contribution in [0.1, 0.15) is 56.9 Å². The molecule has 2 aliphatic heterocycles. The van der Waals surface area contributed by atoms with Crippen molar-refractivity contribution in [1.29, 1.82) is 0 Å². The van der Waals surface area contributed by atoms with Gasteiger partial charge in [0.2, 0.25) is 5.91 Å². The van der Waals surface area contributed by atoms with Crippen LogP contribution in [0.2, 0.25) is 0 Å². The van der Waals surface area contributed by atoms with Crippen molar-refractivity contribution in [3.05, 3.63) is 53.4 Å². The molecule has 1 aliphatic carbocycles. The zero-order valence-electron chi connectivity index (χ0n) is 24.4. The predicted molar refractivity (Wildman–Crippen MR) is 169 cm³/mol. The number of nitrogens with zero attached hydrogens (tertiary/aromatic N) is 3. The SMILES string of the molecule is O=C(NC1CCCCC1)OCN1C(=O)CCc2ccc(OCCCCN3CCN(c4cccc5sccc45)CC3)cc21. The number of alkyl carbamates (subject to hydrolysis) is 1. The van der Waals surface area contributed by atoms with E-state index in [0.717, 1.165) is 88.2 Å². The minimum atomic E-state index is -0.449. The molecule has 6 rings (SSSR count). The number of benzene rings is 2. The van der Waals surface area contributed by atoms with Crippen LogP contribution in [-0.2, 0) is 16.0 Å². The molecule has 0 radical (unpaired) electrons. The van der Waals surface area contributed by atoms with Crippen LogP contribution >= 0.6 is 11.3 Å². The van der Waals surface area contributed by atoms with Crippen LogP contribution in [0.4, 0.5) is 16.2 Å². The highest BCUT2D eigenvalue weighted by Crippen LogP contribution is 2.33. The van der Waals surface area contributed by atoms with Crippen LogP contribution in [0.25, 0.3) is 10.1 Å². The van der Waals surface area contributed by atoms with Gasteiger partial charge in [-0.3, -0.25) is 14.6 Å². The Morgan fingerprint density at radius 1 is 0.952 bits per heavy atom. The van der Waals surface area contributed by atoms with Crippen molar-refractivity contribution in [1.82, 2.24) is 10.2 Å². The fraction of sp³-hybridized carbons (Fsp3) is 0.515. The van der Waals surface area contributed by atoms with Gasteiger partial charge in [-0.1, -0.05) is 31.4 Å². The molecule has 0 atom stereocenters. The second-order valence-corrected chi connectivity index (χ2v) is 12.6. The summed E-state index contributed by atoms with van der Waals surface area (Å²) in [6.45, 7) is 5.90. The molecule has 2 fully saturated rings. The van der Waals surface area contributed by atoms with Gasteiger partial charge >= 0.3 is 6.09 Å². The maximum Gasteiger partial charge on any atom is 0.409 e. The molecule has 9 heteroatoms. The van der Waals surface area contributed by atoms with Crippen molar-refractivity contribution in [3.63, 3.8) is 0 Å². The molecule has 3 heterocycles. The molecule has 0 spiro atoms. The van der Waals surface area contributed by atoms with E-state index in [-0.39, 0.29) is 18.7 Å². The molecule has 42 heavy (non-hydrogen) atoms. The van der Waals surface area contributed by atoms with Gasteiger partial charge in [0.25, 0.3) is 0 Å². The van der Waals surface area contributed by atoms with Crippen molar-refractivity contribution < 1.29 is 19.1 Å². The number of fused-ring (bicyclic) bond motifs is 2. The molecule has 0 unspecified atom stereocenters. The highest BCUT2D eigenvalue weighted by atomic mass is 32.1. The lowest BCUT2D eigenvalue weighted by Crippen LogP contribution is -2.46. The Hall–Kier alpha value is -3.30. The monoisotopic (exact) mass is 590 g/mol. The molecular formula is C33H42N4O4S. The van der Waals surface area contributed by atoms with Gasteiger partial charge in [-0.25, -0.2) is 4.79 Å². The zero-order valence-corrected chi connectivity index (χ0v) is 25.2. The lowest BCUT2D eigenvalue weighted by Gasteiger charge is -2.36. The number of hydrogen-bond acceptors (Lipinski definition) is 7. The van der Waals surface area contributed by atoms with Gasteiger partial charge in [0.15, 0.2) is 6.73 Å². The second-order valence-electron chi connectivity index (χ2n) is 11.6. The van der Waals surface area contributed by atoms with E-state index >= 15 is 0 Å². The van der Waals surface area contributed by atoms with E-state index in [1.54, 1.807) is 4.90 Å². The lowest BCUT2D eigenvalue weighted by atomic mass is 9.96. The molecule has 1 N–H and O–H groups in total. The Kier molecular flexibility index (Phi) is 9.45. The van der Waals surface area contributed by atoms with E-state index < -0.39 is 6.09 Å². The molecular weight excluding hydrogens is 548 g/mol. The number of amides is 2. The van der Waals surface area contributed by atoms with Gasteiger partial charge in [-0.05, 0) is 73.9 Å². The predicted octanol–water partition coefficient (Wildman–Crippen LogP) is 6.18. The highest BCUT2D eigenvalue weighted by molar-refractivity contribution is 7.17. The topological polar surface area (TPSA) is 74.3 Å². The lowest BCUT2D eigenvalue weighted by molar-refractivity contribution is -0.119. The van der Waals surface area contributed by atoms with Gasteiger partial charge < -0.3 is 19.7 Å². The van der Waals surface area contributed by atoms with E-state index in [0.29, 0.717) is 19.4 Å². The Morgan fingerprint density at radius 3 is 2.67 bits per heavy atom. The van der Waals surface area contributed by atoms with Gasteiger partial charge in [-0.15, -0.1) is 11.3 Å². The Labute approximate surface area is 252 Å². The van der Waals surface area contributed by atoms with E-state index in [2.05, 4.69) is 44.8 Å². The molecule has 1 saturated carbocycles. The number of piperazine rings is 1. The first kappa shape index (κ1) is 28.8. The van der Waals surface area contributed by atoms with Crippen LogP contribution in [0, 0.1) is 0 Å². The summed E-state index contributed by atoms with van der Waals surface area (Å²) in [6, 6.07) is 15.0. The van der Waals surface area contributed by atoms with E-state index in [1.165, 1.54) is 22.2 Å². The number of nitrogens with one attached hydrogen (secondary N) is 1. The Balaban J connectivity index is 0.930. The largest absolute Gasteiger partial charge is 0.494 e. The average Bonchev–Trinajstić information content (AvgIpc) is 3.51. The maximum absolute atomic E-state index is 12.7. The van der Waals surface area contributed by atoms with Crippen LogP contribution in [0.3, 0.4) is 0 Å². The number of thiophene rings is 1. The molecule has 2 amide bonds. The number of ether oxygens (including phenoxy) is 2. The number of aryl methyl sites for hydroxylation is 1. The fourth-order valence-corrected chi connectivity index (χ4v) is 7.23. The summed E-state index contributed by atoms with van der Waals surface area (Å²) in [4.78, 5) is 31.8. The van der Waals surface area contributed by atoms with Gasteiger partial charge in [0.05, 0.1) is 12.3 Å². The first-order valence-electron chi connectivity index (χ1n) is 15.6. The van der Waals surface area contributed by atoms with E-state index in [1.807, 2.05) is 29.5 Å². The van der Waals surface area contributed by atoms with Crippen molar-refractivity contribution in [2.24, 2.45) is 0 Å². The van der Waals surface area contributed by atoms with E-state index in [9.17, 15) is 9.59 Å². The normalized spacial score (nSPS) is 18.2. The van der Waals surface area contributed by atoms with Crippen molar-refractivity contribution in [2.75, 3.05) is 55.9 Å². The number of unbranched alkanes of at least 4 members (excludes halogenated alkanes) is 1. The summed E-state index contributed by atoms with van der Waals surface area (Å²) in [5.41, 5.74) is 3.22. The summed E-state index contributed by atoms with van der Waals surface area (Å²) in [5, 5.41) is 6.51. The summed E-state index contributed by atoms with van der Waals surface area (Å²) in [6.07, 6.45) is 8.19. The average molecular weight is 591 g/mol. The standard InChI is InChI=1S/C33H42N4O4S/c38-32-14-12-25-11-13-27(23-30(25)37(32)24-41-33(39)34-26-7-2-1-3-8-26)40-21-5-4-16-35-17-19-36(20-18-35)29-9-6-10-31-28(29)15-22-42-31/h6,9-11,13,15,22-23,26H,1-5,7-8,12,14,16-21,24H2,(H,34,39). The first-order valence-corrected chi connectivity index (χ1v) is 16.4. The maximum atomic E-state index is 12.7. The molecule has 8 nitrogen and oxygen atoms in total. The van der Waals surface area contributed by atoms with Crippen LogP contribution in [0.5, 0.6) is 5.75 Å². The molecule has 224 valence electrons. The summed E-state index contributed by atoms with van der Waals surface area (Å²) in [5.74, 6) is 0.716. The number of carbonyl (C=O) groups excluding carboxylic acids is 2. The highest BCUT2D eigenvalue weighted by Gasteiger charge is 2.26. The quantitative estimate of drug-likeness (QED) is 0.285. The third-order valence-corrected chi connectivity index (χ3v) is 9.71. The van der Waals surface area contributed by atoms with Crippen molar-refractivity contribution in [2.45, 2.75) is 63.8 Å². The van der Waals surface area contributed by atoms with Crippen molar-refractivity contribution >= 4 is 44.8 Å². The Bertz CT molecular complexity index is 1360. The van der Waals surface area contributed by atoms with Gasteiger partial charge in [-0.2, -0.15) is 0 Å². The zero-order chi connectivity index (χ0) is 28.7. The van der Waals surface area contributed by atoms with Crippen LogP contribution in [-0.4, -0.2) is 69.0 Å². The third-order valence-electron chi connectivity index (χ3n) is 8.83. The minimum absolute atomic E-state index is 0.0304. The molecule has 3 aromatic rings. The number of carbonyl (C=O) groups is 2. The van der Waals surface area contributed by atoms with Gasteiger partial charge in [0, 0.05) is 60.5 Å². The van der Waals surface area contributed by atoms with E-state index in [4.69, 9.17) is 9.47 Å². The van der Waals surface area contributed by atoms with Crippen molar-refractivity contribution in [3.8, 4) is 5.75 Å². The molecule has 1 aromatic heterocycles. The smallest absolute Gasteiger partial charge is 0.409 e. The number of hydrogen-bond donors (Lipinski definition) is 1. The van der Waals surface area contributed by atoms with Gasteiger partial charge in [0.1, 0.15) is 5.75 Å². The summed E-state index contributed by atoms with van der Waals surface area (Å²) in [7, 11) is 0. The fourth-order valence-electron chi connectivity index (χ4n) is 6.42. The number of anilines is 2. The first-order chi connectivity index (χ1) is 20.6. The summed E-state index contributed by atoms with van der Waals surface area (Å²) >= 11 is 1.81. The molecule has 2 aromatic carbocycles. The third kappa shape index (κ3) is 7.01. The van der Waals surface area contributed by atoms with Crippen LogP contribution in [0.15, 0.2) is 47.8 Å².